The van der Waals surface area contributed by atoms with Crippen LogP contribution >= 0.6 is 0 Å². The van der Waals surface area contributed by atoms with E-state index >= 15 is 0 Å². The molecule has 8 heteroatoms. The Balaban J connectivity index is 1.52. The molecule has 27 heavy (non-hydrogen) atoms. The molecule has 0 radical (unpaired) electrons. The number of carbonyl (C=O) groups excluding carboxylic acids is 1. The number of aromatic nitrogens is 3. The van der Waals surface area contributed by atoms with Crippen molar-refractivity contribution in [3.05, 3.63) is 60.0 Å². The molecule has 0 saturated heterocycles. The van der Waals surface area contributed by atoms with Crippen molar-refractivity contribution in [2.75, 3.05) is 23.1 Å². The molecule has 8 nitrogen and oxygen atoms in total. The Morgan fingerprint density at radius 3 is 2.96 bits per heavy atom. The van der Waals surface area contributed by atoms with Crippen molar-refractivity contribution in [1.29, 1.82) is 0 Å². The predicted molar refractivity (Wildman–Crippen MR) is 102 cm³/mol. The molecule has 1 aromatic carbocycles. The Kier molecular flexibility index (Phi) is 4.52. The maximum Gasteiger partial charge on any atom is 0.229 e. The first-order chi connectivity index (χ1) is 13.2. The molecular formula is C19H18N6O2. The lowest BCUT2D eigenvalue weighted by Gasteiger charge is -2.12. The van der Waals surface area contributed by atoms with Gasteiger partial charge in [0, 0.05) is 17.6 Å². The molecule has 4 rings (SSSR count). The number of nitrogens with zero attached hydrogens (tertiary/aromatic N) is 3. The highest BCUT2D eigenvalue weighted by atomic mass is 16.5. The minimum Gasteiger partial charge on any atom is -0.491 e. The third-order valence-corrected chi connectivity index (χ3v) is 4.12. The van der Waals surface area contributed by atoms with E-state index < -0.39 is 0 Å². The van der Waals surface area contributed by atoms with Crippen LogP contribution in [-0.4, -0.2) is 28.0 Å². The summed E-state index contributed by atoms with van der Waals surface area (Å²) in [6.45, 7) is 0.514. The van der Waals surface area contributed by atoms with E-state index in [1.807, 2.05) is 36.4 Å². The summed E-state index contributed by atoms with van der Waals surface area (Å²) in [5.41, 5.74) is 3.50. The number of methoxy groups -OCH3 is 1. The minimum atomic E-state index is 0.00357. The number of fused-ring (bicyclic) bond motifs is 1. The van der Waals surface area contributed by atoms with Gasteiger partial charge in [-0.1, -0.05) is 6.07 Å². The van der Waals surface area contributed by atoms with Crippen molar-refractivity contribution < 1.29 is 9.53 Å². The number of amides is 1. The van der Waals surface area contributed by atoms with Gasteiger partial charge in [0.2, 0.25) is 11.9 Å². The van der Waals surface area contributed by atoms with Crippen LogP contribution in [0.15, 0.2) is 48.8 Å². The summed E-state index contributed by atoms with van der Waals surface area (Å²) in [5.74, 6) is 1.54. The number of pyridine rings is 1. The van der Waals surface area contributed by atoms with Crippen LogP contribution < -0.4 is 20.7 Å². The standard InChI is InChI=1S/C19H18N6O2/c1-27-16-11-22-19(25-18(16)21-10-14-4-2-3-7-20-14)23-13-5-6-15-12(8-13)9-17(26)24-15/h2-8,11H,9-10H2,1H3,(H,24,26)(H2,21,22,23,25). The highest BCUT2D eigenvalue weighted by Crippen LogP contribution is 2.28. The molecule has 1 amide bonds. The van der Waals surface area contributed by atoms with E-state index in [1.54, 1.807) is 19.5 Å². The predicted octanol–water partition coefficient (Wildman–Crippen LogP) is 2.73. The van der Waals surface area contributed by atoms with Crippen LogP contribution in [0.4, 0.5) is 23.1 Å². The topological polar surface area (TPSA) is 101 Å². The number of anilines is 4. The van der Waals surface area contributed by atoms with E-state index in [0.29, 0.717) is 30.5 Å². The van der Waals surface area contributed by atoms with Crippen molar-refractivity contribution in [1.82, 2.24) is 15.0 Å². The van der Waals surface area contributed by atoms with Gasteiger partial charge in [0.1, 0.15) is 0 Å². The monoisotopic (exact) mass is 362 g/mol. The second-order valence-corrected chi connectivity index (χ2v) is 6.01. The van der Waals surface area contributed by atoms with Gasteiger partial charge in [-0.3, -0.25) is 9.78 Å². The second-order valence-electron chi connectivity index (χ2n) is 6.01. The summed E-state index contributed by atoms with van der Waals surface area (Å²) < 4.78 is 5.33. The first-order valence-electron chi connectivity index (χ1n) is 8.46. The molecule has 136 valence electrons. The summed E-state index contributed by atoms with van der Waals surface area (Å²) >= 11 is 0. The molecule has 1 aliphatic rings. The molecule has 2 aromatic heterocycles. The van der Waals surface area contributed by atoms with Gasteiger partial charge in [0.25, 0.3) is 0 Å². The van der Waals surface area contributed by atoms with Gasteiger partial charge < -0.3 is 20.7 Å². The lowest BCUT2D eigenvalue weighted by atomic mass is 10.1. The molecule has 0 atom stereocenters. The first kappa shape index (κ1) is 16.8. The Hall–Kier alpha value is -3.68. The number of rotatable bonds is 6. The molecule has 0 bridgehead atoms. The Morgan fingerprint density at radius 1 is 1.22 bits per heavy atom. The fourth-order valence-corrected chi connectivity index (χ4v) is 2.82. The van der Waals surface area contributed by atoms with E-state index in [-0.39, 0.29) is 5.91 Å². The van der Waals surface area contributed by atoms with Crippen molar-refractivity contribution >= 4 is 29.0 Å². The minimum absolute atomic E-state index is 0.00357. The van der Waals surface area contributed by atoms with Crippen molar-refractivity contribution in [3.63, 3.8) is 0 Å². The van der Waals surface area contributed by atoms with Crippen LogP contribution in [0.3, 0.4) is 0 Å². The van der Waals surface area contributed by atoms with Gasteiger partial charge in [-0.25, -0.2) is 4.98 Å². The van der Waals surface area contributed by atoms with Crippen LogP contribution in [0.2, 0.25) is 0 Å². The molecule has 0 aliphatic carbocycles. The van der Waals surface area contributed by atoms with Crippen molar-refractivity contribution in [2.45, 2.75) is 13.0 Å². The molecule has 1 aliphatic heterocycles. The maximum atomic E-state index is 11.5. The molecule has 3 aromatic rings. The zero-order valence-corrected chi connectivity index (χ0v) is 14.7. The molecule has 0 unspecified atom stereocenters. The summed E-state index contributed by atoms with van der Waals surface area (Å²) in [6, 6.07) is 11.4. The fraction of sp³-hybridized carbons (Fsp3) is 0.158. The first-order valence-corrected chi connectivity index (χ1v) is 8.46. The Labute approximate surface area is 156 Å². The number of nitrogens with one attached hydrogen (secondary N) is 3. The van der Waals surface area contributed by atoms with Crippen LogP contribution in [-0.2, 0) is 17.8 Å². The third-order valence-electron chi connectivity index (χ3n) is 4.12. The number of carbonyl (C=O) groups is 1. The summed E-state index contributed by atoms with van der Waals surface area (Å²) in [5, 5.41) is 9.20. The number of ether oxygens (including phenoxy) is 1. The molecule has 3 heterocycles. The highest BCUT2D eigenvalue weighted by molar-refractivity contribution is 5.99. The largest absolute Gasteiger partial charge is 0.491 e. The van der Waals surface area contributed by atoms with Crippen LogP contribution in [0, 0.1) is 0 Å². The van der Waals surface area contributed by atoms with Gasteiger partial charge in [0.05, 0.1) is 32.0 Å². The van der Waals surface area contributed by atoms with Crippen molar-refractivity contribution in [2.24, 2.45) is 0 Å². The van der Waals surface area contributed by atoms with E-state index in [2.05, 4.69) is 30.9 Å². The van der Waals surface area contributed by atoms with Gasteiger partial charge >= 0.3 is 0 Å². The SMILES string of the molecule is COc1cnc(Nc2ccc3c(c2)CC(=O)N3)nc1NCc1ccccn1. The van der Waals surface area contributed by atoms with E-state index in [4.69, 9.17) is 4.74 Å². The van der Waals surface area contributed by atoms with E-state index in [0.717, 1.165) is 22.6 Å². The number of benzene rings is 1. The Morgan fingerprint density at radius 2 is 2.15 bits per heavy atom. The van der Waals surface area contributed by atoms with E-state index in [1.165, 1.54) is 0 Å². The summed E-state index contributed by atoms with van der Waals surface area (Å²) in [4.78, 5) is 24.6. The van der Waals surface area contributed by atoms with Crippen LogP contribution in [0.25, 0.3) is 0 Å². The third kappa shape index (κ3) is 3.79. The van der Waals surface area contributed by atoms with Crippen LogP contribution in [0.5, 0.6) is 5.75 Å². The van der Waals surface area contributed by atoms with Gasteiger partial charge in [-0.2, -0.15) is 4.98 Å². The zero-order valence-electron chi connectivity index (χ0n) is 14.7. The molecule has 0 spiro atoms. The highest BCUT2D eigenvalue weighted by Gasteiger charge is 2.17. The molecular weight excluding hydrogens is 344 g/mol. The zero-order chi connectivity index (χ0) is 18.6. The summed E-state index contributed by atoms with van der Waals surface area (Å²) in [6.07, 6.45) is 3.73. The molecule has 0 saturated carbocycles. The lowest BCUT2D eigenvalue weighted by Crippen LogP contribution is -2.07. The normalized spacial score (nSPS) is 12.3. The molecule has 0 fully saturated rings. The van der Waals surface area contributed by atoms with Crippen molar-refractivity contribution in [3.8, 4) is 5.75 Å². The average Bonchev–Trinajstić information content (AvgIpc) is 3.06. The lowest BCUT2D eigenvalue weighted by molar-refractivity contribution is -0.115. The number of hydrogen-bond donors (Lipinski definition) is 3. The fourth-order valence-electron chi connectivity index (χ4n) is 2.82. The van der Waals surface area contributed by atoms with Crippen LogP contribution in [0.1, 0.15) is 11.3 Å². The average molecular weight is 362 g/mol. The van der Waals surface area contributed by atoms with Gasteiger partial charge in [-0.05, 0) is 35.9 Å². The van der Waals surface area contributed by atoms with Gasteiger partial charge in [-0.15, -0.1) is 0 Å². The Bertz CT molecular complexity index is 977. The second kappa shape index (κ2) is 7.28. The maximum absolute atomic E-state index is 11.5. The smallest absolute Gasteiger partial charge is 0.229 e. The van der Waals surface area contributed by atoms with E-state index in [9.17, 15) is 4.79 Å². The number of hydrogen-bond acceptors (Lipinski definition) is 7. The molecule has 3 N–H and O–H groups in total. The quantitative estimate of drug-likeness (QED) is 0.620. The summed E-state index contributed by atoms with van der Waals surface area (Å²) in [7, 11) is 1.57. The van der Waals surface area contributed by atoms with Gasteiger partial charge in [0.15, 0.2) is 11.6 Å².